The Morgan fingerprint density at radius 1 is 1.25 bits per heavy atom. The van der Waals surface area contributed by atoms with Crippen LogP contribution in [0.15, 0.2) is 12.4 Å². The zero-order valence-electron chi connectivity index (χ0n) is 17.1. The number of nitrogens with zero attached hydrogens (tertiary/aromatic N) is 3. The average Bonchev–Trinajstić information content (AvgIpc) is 2.89. The molecule has 1 aromatic heterocycles. The average molecular weight is 410 g/mol. The maximum absolute atomic E-state index is 12.0. The highest BCUT2D eigenvalue weighted by atomic mass is 35.5. The maximum atomic E-state index is 12.0. The topological polar surface area (TPSA) is 73.8 Å². The number of carbonyl (C=O) groups excluding carboxylic acids is 1. The lowest BCUT2D eigenvalue weighted by atomic mass is 9.81. The quantitative estimate of drug-likeness (QED) is 0.529. The van der Waals surface area contributed by atoms with Crippen LogP contribution in [0.1, 0.15) is 53.4 Å². The zero-order chi connectivity index (χ0) is 20.4. The molecule has 0 spiro atoms. The van der Waals surface area contributed by atoms with Gasteiger partial charge in [0.15, 0.2) is 0 Å². The fourth-order valence-corrected chi connectivity index (χ4v) is 3.65. The van der Waals surface area contributed by atoms with Crippen LogP contribution in [0.3, 0.4) is 0 Å². The first kappa shape index (κ1) is 21.3. The molecular weight excluding hydrogens is 380 g/mol. The molecular formula is C19H29BClN3O4. The van der Waals surface area contributed by atoms with E-state index in [0.717, 1.165) is 37.7 Å². The van der Waals surface area contributed by atoms with Gasteiger partial charge in [-0.15, -0.1) is 11.6 Å². The molecule has 2 aliphatic rings. The molecule has 3 heterocycles. The predicted octanol–water partition coefficient (Wildman–Crippen LogP) is 2.16. The van der Waals surface area contributed by atoms with Gasteiger partial charge in [-0.1, -0.05) is 0 Å². The Morgan fingerprint density at radius 2 is 1.89 bits per heavy atom. The van der Waals surface area contributed by atoms with Crippen molar-refractivity contribution in [1.82, 2.24) is 14.9 Å². The van der Waals surface area contributed by atoms with E-state index in [-0.39, 0.29) is 17.8 Å². The molecule has 1 unspecified atom stereocenters. The molecule has 0 bridgehead atoms. The van der Waals surface area contributed by atoms with Crippen LogP contribution in [0.5, 0.6) is 6.01 Å². The summed E-state index contributed by atoms with van der Waals surface area (Å²) in [6, 6.07) is 0.482. The molecule has 7 nitrogen and oxygen atoms in total. The number of aromatic nitrogens is 2. The molecule has 1 aromatic rings. The van der Waals surface area contributed by atoms with Gasteiger partial charge >= 0.3 is 13.1 Å². The summed E-state index contributed by atoms with van der Waals surface area (Å²) >= 11 is 5.72. The van der Waals surface area contributed by atoms with E-state index in [0.29, 0.717) is 12.6 Å². The summed E-state index contributed by atoms with van der Waals surface area (Å²) in [6.07, 6.45) is 7.22. The van der Waals surface area contributed by atoms with Crippen LogP contribution in [0.2, 0.25) is 0 Å². The lowest BCUT2D eigenvalue weighted by Gasteiger charge is -2.35. The molecule has 0 saturated carbocycles. The Labute approximate surface area is 172 Å². The standard InChI is InChI=1S/C19H29BClN3O4/c1-18(2)19(3,4)28-20(27-18)14-12-22-17(23-13-14)26-10-8-15-7-5-6-9-24(15)16(25)11-21/h12-13,15H,5-11H2,1-4H3. The van der Waals surface area contributed by atoms with Gasteiger partial charge in [0, 0.05) is 36.9 Å². The first-order chi connectivity index (χ1) is 13.2. The van der Waals surface area contributed by atoms with Gasteiger partial charge in [-0.05, 0) is 47.0 Å². The minimum Gasteiger partial charge on any atom is -0.463 e. The Hall–Kier alpha value is -1.38. The number of piperidine rings is 1. The number of halogens is 1. The monoisotopic (exact) mass is 409 g/mol. The first-order valence-corrected chi connectivity index (χ1v) is 10.4. The SMILES string of the molecule is CC1(C)OB(c2cnc(OCCC3CCCCN3C(=O)CCl)nc2)OC1(C)C. The van der Waals surface area contributed by atoms with Gasteiger partial charge in [-0.2, -0.15) is 0 Å². The number of alkyl halides is 1. The van der Waals surface area contributed by atoms with Crippen molar-refractivity contribution in [3.05, 3.63) is 12.4 Å². The number of amides is 1. The second kappa shape index (κ2) is 8.55. The predicted molar refractivity (Wildman–Crippen MR) is 108 cm³/mol. The van der Waals surface area contributed by atoms with E-state index < -0.39 is 18.3 Å². The molecule has 0 radical (unpaired) electrons. The van der Waals surface area contributed by atoms with Gasteiger partial charge < -0.3 is 18.9 Å². The van der Waals surface area contributed by atoms with Gasteiger partial charge in [0.05, 0.1) is 17.8 Å². The molecule has 28 heavy (non-hydrogen) atoms. The molecule has 2 saturated heterocycles. The Balaban J connectivity index is 1.52. The van der Waals surface area contributed by atoms with E-state index in [1.807, 2.05) is 32.6 Å². The number of hydrogen-bond donors (Lipinski definition) is 0. The molecule has 0 aliphatic carbocycles. The minimum absolute atomic E-state index is 0.00520. The van der Waals surface area contributed by atoms with Crippen molar-refractivity contribution < 1.29 is 18.8 Å². The van der Waals surface area contributed by atoms with Crippen molar-refractivity contribution in [2.45, 2.75) is 70.6 Å². The van der Waals surface area contributed by atoms with Gasteiger partial charge in [-0.25, -0.2) is 9.97 Å². The second-order valence-electron chi connectivity index (χ2n) is 8.39. The van der Waals surface area contributed by atoms with Crippen LogP contribution in [0.25, 0.3) is 0 Å². The molecule has 0 N–H and O–H groups in total. The fourth-order valence-electron chi connectivity index (χ4n) is 3.49. The third-order valence-electron chi connectivity index (χ3n) is 5.92. The second-order valence-corrected chi connectivity index (χ2v) is 8.66. The van der Waals surface area contributed by atoms with Crippen molar-refractivity contribution in [3.63, 3.8) is 0 Å². The summed E-state index contributed by atoms with van der Waals surface area (Å²) in [5.41, 5.74) is -0.0459. The third kappa shape index (κ3) is 4.61. The molecule has 154 valence electrons. The van der Waals surface area contributed by atoms with Crippen LogP contribution in [-0.2, 0) is 14.1 Å². The van der Waals surface area contributed by atoms with Crippen molar-refractivity contribution in [2.24, 2.45) is 0 Å². The lowest BCUT2D eigenvalue weighted by molar-refractivity contribution is -0.132. The van der Waals surface area contributed by atoms with E-state index in [1.54, 1.807) is 12.4 Å². The van der Waals surface area contributed by atoms with E-state index in [9.17, 15) is 4.79 Å². The normalized spacial score (nSPS) is 23.7. The molecule has 0 aromatic carbocycles. The summed E-state index contributed by atoms with van der Waals surface area (Å²) < 4.78 is 17.7. The van der Waals surface area contributed by atoms with Crippen LogP contribution in [0, 0.1) is 0 Å². The number of carbonyl (C=O) groups is 1. The first-order valence-electron chi connectivity index (χ1n) is 9.89. The van der Waals surface area contributed by atoms with Crippen LogP contribution >= 0.6 is 11.6 Å². The minimum atomic E-state index is -0.489. The molecule has 1 amide bonds. The van der Waals surface area contributed by atoms with E-state index in [4.69, 9.17) is 25.6 Å². The number of likely N-dealkylation sites (tertiary alicyclic amines) is 1. The summed E-state index contributed by atoms with van der Waals surface area (Å²) in [6.45, 7) is 9.26. The fraction of sp³-hybridized carbons (Fsp3) is 0.737. The van der Waals surface area contributed by atoms with Crippen LogP contribution < -0.4 is 10.2 Å². The molecule has 2 fully saturated rings. The number of hydrogen-bond acceptors (Lipinski definition) is 6. The Kier molecular flexibility index (Phi) is 6.52. The zero-order valence-corrected chi connectivity index (χ0v) is 17.9. The van der Waals surface area contributed by atoms with Crippen LogP contribution in [-0.4, -0.2) is 64.2 Å². The van der Waals surface area contributed by atoms with Crippen molar-refractivity contribution in [2.75, 3.05) is 19.0 Å². The molecule has 3 rings (SSSR count). The highest BCUT2D eigenvalue weighted by Crippen LogP contribution is 2.36. The van der Waals surface area contributed by atoms with Gasteiger partial charge in [0.25, 0.3) is 0 Å². The molecule has 2 aliphatic heterocycles. The summed E-state index contributed by atoms with van der Waals surface area (Å²) in [5.74, 6) is 0.0234. The van der Waals surface area contributed by atoms with Gasteiger partial charge in [0.1, 0.15) is 5.88 Å². The van der Waals surface area contributed by atoms with E-state index in [1.165, 1.54) is 0 Å². The Morgan fingerprint density at radius 3 is 2.50 bits per heavy atom. The third-order valence-corrected chi connectivity index (χ3v) is 6.15. The van der Waals surface area contributed by atoms with Gasteiger partial charge in [-0.3, -0.25) is 4.79 Å². The highest BCUT2D eigenvalue weighted by Gasteiger charge is 2.52. The Bertz CT molecular complexity index is 670. The smallest absolute Gasteiger partial charge is 0.463 e. The highest BCUT2D eigenvalue weighted by molar-refractivity contribution is 6.61. The number of rotatable bonds is 6. The van der Waals surface area contributed by atoms with Crippen molar-refractivity contribution in [3.8, 4) is 6.01 Å². The van der Waals surface area contributed by atoms with Crippen LogP contribution in [0.4, 0.5) is 0 Å². The molecule has 1 atom stereocenters. The van der Waals surface area contributed by atoms with E-state index >= 15 is 0 Å². The summed E-state index contributed by atoms with van der Waals surface area (Å²) in [5, 5.41) is 0. The summed E-state index contributed by atoms with van der Waals surface area (Å²) in [4.78, 5) is 22.4. The van der Waals surface area contributed by atoms with E-state index in [2.05, 4.69) is 9.97 Å². The largest absolute Gasteiger partial charge is 0.498 e. The van der Waals surface area contributed by atoms with Crippen molar-refractivity contribution in [1.29, 1.82) is 0 Å². The van der Waals surface area contributed by atoms with Crippen molar-refractivity contribution >= 4 is 30.1 Å². The summed E-state index contributed by atoms with van der Waals surface area (Å²) in [7, 11) is -0.489. The lowest BCUT2D eigenvalue weighted by Crippen LogP contribution is -2.45. The molecule has 9 heteroatoms. The number of ether oxygens (including phenoxy) is 1. The van der Waals surface area contributed by atoms with Gasteiger partial charge in [0.2, 0.25) is 5.91 Å². The maximum Gasteiger partial charge on any atom is 0.498 e.